The predicted octanol–water partition coefficient (Wildman–Crippen LogP) is 3.20. The van der Waals surface area contributed by atoms with Gasteiger partial charge in [0.15, 0.2) is 0 Å². The fourth-order valence-corrected chi connectivity index (χ4v) is 2.45. The topological polar surface area (TPSA) is 29.3 Å². The molecule has 2 rings (SSSR count). The summed E-state index contributed by atoms with van der Waals surface area (Å²) >= 11 is 0. The van der Waals surface area contributed by atoms with E-state index in [-0.39, 0.29) is 0 Å². The number of aryl methyl sites for hydroxylation is 1. The summed E-state index contributed by atoms with van der Waals surface area (Å²) in [5, 5.41) is 0. The van der Waals surface area contributed by atoms with Gasteiger partial charge in [0.25, 0.3) is 0 Å². The summed E-state index contributed by atoms with van der Waals surface area (Å²) < 4.78 is 0. The first-order chi connectivity index (χ1) is 7.66. The summed E-state index contributed by atoms with van der Waals surface area (Å²) in [5.41, 5.74) is 9.28. The van der Waals surface area contributed by atoms with Gasteiger partial charge in [0.2, 0.25) is 0 Å². The number of nitrogen functional groups attached to an aromatic ring is 1. The molecule has 1 fully saturated rings. The maximum Gasteiger partial charge on any atom is 0.0370 e. The van der Waals surface area contributed by atoms with Crippen LogP contribution >= 0.6 is 0 Å². The molecule has 2 heteroatoms. The van der Waals surface area contributed by atoms with Gasteiger partial charge in [0.05, 0.1) is 0 Å². The van der Waals surface area contributed by atoms with Crippen LogP contribution in [0.2, 0.25) is 0 Å². The molecular weight excluding hydrogens is 196 g/mol. The van der Waals surface area contributed by atoms with E-state index in [9.17, 15) is 0 Å². The zero-order valence-electron chi connectivity index (χ0n) is 10.4. The number of anilines is 2. The average molecular weight is 218 g/mol. The quantitative estimate of drug-likeness (QED) is 0.733. The van der Waals surface area contributed by atoms with Crippen LogP contribution in [0.25, 0.3) is 0 Å². The molecule has 16 heavy (non-hydrogen) atoms. The molecule has 0 saturated carbocycles. The van der Waals surface area contributed by atoms with E-state index >= 15 is 0 Å². The first-order valence-corrected chi connectivity index (χ1v) is 6.28. The fraction of sp³-hybridized carbons (Fsp3) is 0.571. The standard InChI is InChI=1S/C14H22N2/c1-11-5-3-4-8-16(10-11)13-6-7-14(15)12(2)9-13/h6-7,9,11H,3-5,8,10,15H2,1-2H3. The highest BCUT2D eigenvalue weighted by Crippen LogP contribution is 2.25. The summed E-state index contributed by atoms with van der Waals surface area (Å²) in [6.45, 7) is 6.81. The molecule has 2 nitrogen and oxygen atoms in total. The minimum absolute atomic E-state index is 0.806. The molecule has 1 heterocycles. The molecule has 0 aliphatic carbocycles. The molecule has 2 N–H and O–H groups in total. The highest BCUT2D eigenvalue weighted by atomic mass is 15.1. The third kappa shape index (κ3) is 2.49. The summed E-state index contributed by atoms with van der Waals surface area (Å²) in [4.78, 5) is 2.50. The van der Waals surface area contributed by atoms with Gasteiger partial charge in [-0.25, -0.2) is 0 Å². The van der Waals surface area contributed by atoms with Crippen molar-refractivity contribution in [3.63, 3.8) is 0 Å². The van der Waals surface area contributed by atoms with Crippen molar-refractivity contribution < 1.29 is 0 Å². The molecule has 0 bridgehead atoms. The van der Waals surface area contributed by atoms with Gasteiger partial charge in [-0.05, 0) is 49.4 Å². The van der Waals surface area contributed by atoms with Crippen LogP contribution in [-0.2, 0) is 0 Å². The van der Waals surface area contributed by atoms with Gasteiger partial charge in [-0.15, -0.1) is 0 Å². The lowest BCUT2D eigenvalue weighted by Gasteiger charge is -2.25. The maximum atomic E-state index is 5.86. The van der Waals surface area contributed by atoms with E-state index in [1.165, 1.54) is 43.6 Å². The fourth-order valence-electron chi connectivity index (χ4n) is 2.45. The Hall–Kier alpha value is -1.18. The maximum absolute atomic E-state index is 5.86. The second-order valence-electron chi connectivity index (χ2n) is 5.09. The summed E-state index contributed by atoms with van der Waals surface area (Å²) in [7, 11) is 0. The second kappa shape index (κ2) is 4.77. The summed E-state index contributed by atoms with van der Waals surface area (Å²) in [5.74, 6) is 0.806. The Kier molecular flexibility index (Phi) is 3.37. The zero-order chi connectivity index (χ0) is 11.5. The van der Waals surface area contributed by atoms with Gasteiger partial charge < -0.3 is 10.6 Å². The molecule has 88 valence electrons. The predicted molar refractivity (Wildman–Crippen MR) is 70.8 cm³/mol. The SMILES string of the molecule is Cc1cc(N2CCCCC(C)C2)ccc1N. The van der Waals surface area contributed by atoms with E-state index in [1.807, 2.05) is 6.07 Å². The van der Waals surface area contributed by atoms with Crippen molar-refractivity contribution in [3.05, 3.63) is 23.8 Å². The van der Waals surface area contributed by atoms with E-state index in [2.05, 4.69) is 30.9 Å². The lowest BCUT2D eigenvalue weighted by molar-refractivity contribution is 0.545. The normalized spacial score (nSPS) is 21.9. The highest BCUT2D eigenvalue weighted by molar-refractivity contribution is 5.58. The van der Waals surface area contributed by atoms with Crippen LogP contribution in [0.15, 0.2) is 18.2 Å². The van der Waals surface area contributed by atoms with Crippen LogP contribution in [0.1, 0.15) is 31.7 Å². The van der Waals surface area contributed by atoms with Crippen LogP contribution in [0.5, 0.6) is 0 Å². The summed E-state index contributed by atoms with van der Waals surface area (Å²) in [6, 6.07) is 6.40. The van der Waals surface area contributed by atoms with Crippen molar-refractivity contribution in [3.8, 4) is 0 Å². The minimum Gasteiger partial charge on any atom is -0.399 e. The van der Waals surface area contributed by atoms with Crippen LogP contribution in [0.4, 0.5) is 11.4 Å². The van der Waals surface area contributed by atoms with Crippen molar-refractivity contribution in [2.24, 2.45) is 5.92 Å². The smallest absolute Gasteiger partial charge is 0.0370 e. The Morgan fingerprint density at radius 3 is 2.88 bits per heavy atom. The number of hydrogen-bond donors (Lipinski definition) is 1. The molecule has 1 aliphatic rings. The third-order valence-corrected chi connectivity index (χ3v) is 3.53. The molecule has 1 aromatic rings. The molecule has 0 spiro atoms. The van der Waals surface area contributed by atoms with Crippen molar-refractivity contribution >= 4 is 11.4 Å². The van der Waals surface area contributed by atoms with Crippen LogP contribution in [0.3, 0.4) is 0 Å². The second-order valence-corrected chi connectivity index (χ2v) is 5.09. The molecule has 1 aliphatic heterocycles. The minimum atomic E-state index is 0.806. The van der Waals surface area contributed by atoms with Gasteiger partial charge in [-0.2, -0.15) is 0 Å². The molecule has 1 aromatic carbocycles. The van der Waals surface area contributed by atoms with Gasteiger partial charge in [0, 0.05) is 24.5 Å². The highest BCUT2D eigenvalue weighted by Gasteiger charge is 2.15. The number of nitrogens with zero attached hydrogens (tertiary/aromatic N) is 1. The Morgan fingerprint density at radius 2 is 2.12 bits per heavy atom. The van der Waals surface area contributed by atoms with Crippen molar-refractivity contribution in [1.29, 1.82) is 0 Å². The Bertz CT molecular complexity index is 360. The monoisotopic (exact) mass is 218 g/mol. The van der Waals surface area contributed by atoms with E-state index in [0.29, 0.717) is 0 Å². The van der Waals surface area contributed by atoms with E-state index in [0.717, 1.165) is 11.6 Å². The van der Waals surface area contributed by atoms with Crippen LogP contribution in [-0.4, -0.2) is 13.1 Å². The lowest BCUT2D eigenvalue weighted by atomic mass is 10.1. The molecular formula is C14H22N2. The third-order valence-electron chi connectivity index (χ3n) is 3.53. The Balaban J connectivity index is 2.18. The first kappa shape index (κ1) is 11.3. The zero-order valence-corrected chi connectivity index (χ0v) is 10.4. The molecule has 0 amide bonds. The molecule has 0 aromatic heterocycles. The van der Waals surface area contributed by atoms with Gasteiger partial charge in [-0.3, -0.25) is 0 Å². The largest absolute Gasteiger partial charge is 0.399 e. The van der Waals surface area contributed by atoms with E-state index in [4.69, 9.17) is 5.73 Å². The first-order valence-electron chi connectivity index (χ1n) is 6.28. The number of hydrogen-bond acceptors (Lipinski definition) is 2. The van der Waals surface area contributed by atoms with Gasteiger partial charge >= 0.3 is 0 Å². The number of nitrogens with two attached hydrogens (primary N) is 1. The lowest BCUT2D eigenvalue weighted by Crippen LogP contribution is -2.27. The van der Waals surface area contributed by atoms with Crippen LogP contribution < -0.4 is 10.6 Å². The molecule has 0 radical (unpaired) electrons. The van der Waals surface area contributed by atoms with E-state index < -0.39 is 0 Å². The Morgan fingerprint density at radius 1 is 1.31 bits per heavy atom. The Labute approximate surface area is 98.4 Å². The van der Waals surface area contributed by atoms with Crippen LogP contribution in [0, 0.1) is 12.8 Å². The van der Waals surface area contributed by atoms with Crippen molar-refractivity contribution in [2.75, 3.05) is 23.7 Å². The van der Waals surface area contributed by atoms with Crippen molar-refractivity contribution in [1.82, 2.24) is 0 Å². The van der Waals surface area contributed by atoms with Gasteiger partial charge in [0.1, 0.15) is 0 Å². The number of rotatable bonds is 1. The van der Waals surface area contributed by atoms with Gasteiger partial charge in [-0.1, -0.05) is 13.3 Å². The molecule has 1 saturated heterocycles. The number of benzene rings is 1. The van der Waals surface area contributed by atoms with E-state index in [1.54, 1.807) is 0 Å². The molecule has 1 unspecified atom stereocenters. The van der Waals surface area contributed by atoms with Crippen molar-refractivity contribution in [2.45, 2.75) is 33.1 Å². The molecule has 1 atom stereocenters. The summed E-state index contributed by atoms with van der Waals surface area (Å²) in [6.07, 6.45) is 4.05. The average Bonchev–Trinajstić information content (AvgIpc) is 2.47.